The average molecular weight is 377 g/mol. The number of nitriles is 1. The topological polar surface area (TPSA) is 75.3 Å². The third-order valence-electron chi connectivity index (χ3n) is 4.09. The van der Waals surface area contributed by atoms with Gasteiger partial charge in [-0.25, -0.2) is 0 Å². The first-order valence-corrected chi connectivity index (χ1v) is 8.55. The van der Waals surface area contributed by atoms with Gasteiger partial charge in [0.2, 0.25) is 0 Å². The molecule has 5 nitrogen and oxygen atoms in total. The van der Waals surface area contributed by atoms with E-state index >= 15 is 0 Å². The first-order valence-electron chi connectivity index (χ1n) is 8.17. The van der Waals surface area contributed by atoms with Crippen molar-refractivity contribution in [2.75, 3.05) is 11.9 Å². The van der Waals surface area contributed by atoms with Gasteiger partial charge in [0.05, 0.1) is 11.3 Å². The van der Waals surface area contributed by atoms with Gasteiger partial charge in [-0.05, 0) is 42.5 Å². The fourth-order valence-electron chi connectivity index (χ4n) is 2.85. The molecule has 0 saturated carbocycles. The maximum absolute atomic E-state index is 12.2. The fraction of sp³-hybridized carbons (Fsp3) is 0.0476. The molecule has 0 aliphatic rings. The first kappa shape index (κ1) is 17.0. The molecule has 3 aromatic carbocycles. The minimum Gasteiger partial charge on any atom is -0.484 e. The highest BCUT2D eigenvalue weighted by atomic mass is 35.5. The Morgan fingerprint density at radius 1 is 1.07 bits per heavy atom. The molecule has 132 valence electrons. The van der Waals surface area contributed by atoms with Crippen LogP contribution in [-0.4, -0.2) is 12.5 Å². The van der Waals surface area contributed by atoms with E-state index in [-0.39, 0.29) is 12.5 Å². The number of anilines is 1. The number of furan rings is 1. The molecule has 4 rings (SSSR count). The van der Waals surface area contributed by atoms with E-state index in [0.29, 0.717) is 22.0 Å². The van der Waals surface area contributed by atoms with Gasteiger partial charge in [-0.2, -0.15) is 5.26 Å². The minimum atomic E-state index is -0.383. The molecule has 0 saturated heterocycles. The van der Waals surface area contributed by atoms with E-state index in [0.717, 1.165) is 21.9 Å². The Morgan fingerprint density at radius 2 is 1.89 bits per heavy atom. The van der Waals surface area contributed by atoms with E-state index in [1.165, 1.54) is 6.07 Å². The van der Waals surface area contributed by atoms with Gasteiger partial charge in [0, 0.05) is 15.8 Å². The molecule has 0 atom stereocenters. The molecule has 0 aliphatic carbocycles. The number of benzene rings is 3. The Labute approximate surface area is 159 Å². The highest BCUT2D eigenvalue weighted by molar-refractivity contribution is 6.31. The number of fused-ring (bicyclic) bond motifs is 3. The van der Waals surface area contributed by atoms with Crippen molar-refractivity contribution >= 4 is 45.1 Å². The molecule has 0 aliphatic heterocycles. The van der Waals surface area contributed by atoms with Crippen LogP contribution in [0.15, 0.2) is 65.1 Å². The van der Waals surface area contributed by atoms with Gasteiger partial charge in [-0.1, -0.05) is 29.8 Å². The number of carbonyl (C=O) groups excluding carboxylic acids is 1. The standard InChI is InChI=1S/C21H13ClN2O3/c22-14-6-5-13(11-23)18(9-14)24-21(25)12-26-15-7-8-20-17(10-15)16-3-1-2-4-19(16)27-20/h1-10H,12H2,(H,24,25). The van der Waals surface area contributed by atoms with E-state index in [9.17, 15) is 4.79 Å². The third kappa shape index (κ3) is 3.43. The molecule has 0 radical (unpaired) electrons. The highest BCUT2D eigenvalue weighted by Gasteiger charge is 2.11. The number of hydrogen-bond donors (Lipinski definition) is 1. The number of rotatable bonds is 4. The molecule has 1 N–H and O–H groups in total. The van der Waals surface area contributed by atoms with Gasteiger partial charge in [0.25, 0.3) is 5.91 Å². The molecular weight excluding hydrogens is 364 g/mol. The van der Waals surface area contributed by atoms with Crippen LogP contribution in [-0.2, 0) is 4.79 Å². The fourth-order valence-corrected chi connectivity index (χ4v) is 3.02. The van der Waals surface area contributed by atoms with Crippen LogP contribution in [0, 0.1) is 11.3 Å². The molecule has 4 aromatic rings. The first-order chi connectivity index (χ1) is 13.1. The maximum Gasteiger partial charge on any atom is 0.262 e. The van der Waals surface area contributed by atoms with Gasteiger partial charge in [-0.15, -0.1) is 0 Å². The number of para-hydroxylation sites is 1. The lowest BCUT2D eigenvalue weighted by Crippen LogP contribution is -2.20. The van der Waals surface area contributed by atoms with Crippen LogP contribution in [0.2, 0.25) is 5.02 Å². The second-order valence-electron chi connectivity index (χ2n) is 5.89. The number of amides is 1. The summed E-state index contributed by atoms with van der Waals surface area (Å²) in [5.41, 5.74) is 2.24. The molecule has 1 aromatic heterocycles. The van der Waals surface area contributed by atoms with Crippen molar-refractivity contribution in [2.24, 2.45) is 0 Å². The molecule has 0 fully saturated rings. The molecule has 1 amide bonds. The van der Waals surface area contributed by atoms with Crippen LogP contribution in [0.3, 0.4) is 0 Å². The van der Waals surface area contributed by atoms with Crippen LogP contribution in [0.5, 0.6) is 5.75 Å². The summed E-state index contributed by atoms with van der Waals surface area (Å²) >= 11 is 5.92. The smallest absolute Gasteiger partial charge is 0.262 e. The van der Waals surface area contributed by atoms with Crippen LogP contribution in [0.25, 0.3) is 21.9 Å². The summed E-state index contributed by atoms with van der Waals surface area (Å²) in [6.45, 7) is -0.196. The van der Waals surface area contributed by atoms with Gasteiger partial charge in [0.1, 0.15) is 23.0 Å². The van der Waals surface area contributed by atoms with Crippen LogP contribution < -0.4 is 10.1 Å². The summed E-state index contributed by atoms with van der Waals surface area (Å²) < 4.78 is 11.4. The summed E-state index contributed by atoms with van der Waals surface area (Å²) in [4.78, 5) is 12.2. The second kappa shape index (κ2) is 7.02. The Hall–Kier alpha value is -3.49. The molecule has 27 heavy (non-hydrogen) atoms. The predicted octanol–water partition coefficient (Wildman–Crippen LogP) is 5.13. The largest absolute Gasteiger partial charge is 0.484 e. The van der Waals surface area contributed by atoms with E-state index < -0.39 is 0 Å². The Bertz CT molecular complexity index is 1210. The Balaban J connectivity index is 1.50. The SMILES string of the molecule is N#Cc1ccc(Cl)cc1NC(=O)COc1ccc2oc3ccccc3c2c1. The van der Waals surface area contributed by atoms with Crippen molar-refractivity contribution in [3.63, 3.8) is 0 Å². The maximum atomic E-state index is 12.2. The molecule has 6 heteroatoms. The van der Waals surface area contributed by atoms with Crippen molar-refractivity contribution in [3.8, 4) is 11.8 Å². The van der Waals surface area contributed by atoms with Gasteiger partial charge in [0.15, 0.2) is 6.61 Å². The van der Waals surface area contributed by atoms with Crippen LogP contribution >= 0.6 is 11.6 Å². The summed E-state index contributed by atoms with van der Waals surface area (Å²) in [6, 6.07) is 19.8. The predicted molar refractivity (Wildman–Crippen MR) is 104 cm³/mol. The Morgan fingerprint density at radius 3 is 2.74 bits per heavy atom. The van der Waals surface area contributed by atoms with Crippen LogP contribution in [0.1, 0.15) is 5.56 Å². The lowest BCUT2D eigenvalue weighted by Gasteiger charge is -2.09. The van der Waals surface area contributed by atoms with Crippen molar-refractivity contribution in [1.82, 2.24) is 0 Å². The zero-order valence-corrected chi connectivity index (χ0v) is 14.8. The van der Waals surface area contributed by atoms with E-state index in [4.69, 9.17) is 26.0 Å². The zero-order valence-electron chi connectivity index (χ0n) is 14.0. The molecule has 1 heterocycles. The van der Waals surface area contributed by atoms with Crippen LogP contribution in [0.4, 0.5) is 5.69 Å². The highest BCUT2D eigenvalue weighted by Crippen LogP contribution is 2.31. The third-order valence-corrected chi connectivity index (χ3v) is 4.33. The van der Waals surface area contributed by atoms with Gasteiger partial charge >= 0.3 is 0 Å². The Kier molecular flexibility index (Phi) is 4.41. The van der Waals surface area contributed by atoms with E-state index in [1.54, 1.807) is 18.2 Å². The van der Waals surface area contributed by atoms with Gasteiger partial charge < -0.3 is 14.5 Å². The monoisotopic (exact) mass is 376 g/mol. The number of ether oxygens (including phenoxy) is 1. The van der Waals surface area contributed by atoms with Crippen molar-refractivity contribution < 1.29 is 13.9 Å². The summed E-state index contributed by atoms with van der Waals surface area (Å²) in [7, 11) is 0. The normalized spacial score (nSPS) is 10.7. The number of nitrogens with one attached hydrogen (secondary N) is 1. The van der Waals surface area contributed by atoms with Crippen molar-refractivity contribution in [2.45, 2.75) is 0 Å². The quantitative estimate of drug-likeness (QED) is 0.535. The lowest BCUT2D eigenvalue weighted by molar-refractivity contribution is -0.118. The van der Waals surface area contributed by atoms with Gasteiger partial charge in [-0.3, -0.25) is 4.79 Å². The molecule has 0 bridgehead atoms. The number of nitrogens with zero attached hydrogens (tertiary/aromatic N) is 1. The van der Waals surface area contributed by atoms with E-state index in [2.05, 4.69) is 5.32 Å². The van der Waals surface area contributed by atoms with Crippen molar-refractivity contribution in [1.29, 1.82) is 5.26 Å². The van der Waals surface area contributed by atoms with Crippen molar-refractivity contribution in [3.05, 3.63) is 71.2 Å². The zero-order chi connectivity index (χ0) is 18.8. The number of carbonyl (C=O) groups is 1. The summed E-state index contributed by atoms with van der Waals surface area (Å²) in [5.74, 6) is 0.168. The number of hydrogen-bond acceptors (Lipinski definition) is 4. The molecule has 0 spiro atoms. The molecule has 0 unspecified atom stereocenters. The summed E-state index contributed by atoms with van der Waals surface area (Å²) in [6.07, 6.45) is 0. The van der Waals surface area contributed by atoms with E-state index in [1.807, 2.05) is 42.5 Å². The lowest BCUT2D eigenvalue weighted by atomic mass is 10.1. The minimum absolute atomic E-state index is 0.196. The molecular formula is C21H13ClN2O3. The summed E-state index contributed by atoms with van der Waals surface area (Å²) in [5, 5.41) is 14.1. The second-order valence-corrected chi connectivity index (χ2v) is 6.33. The average Bonchev–Trinajstić information content (AvgIpc) is 3.04. The number of halogens is 1.